The molecular formula is H2Ce2O4. The fraction of sp³-hybridized carbons (Fsp3) is 0. The van der Waals surface area contributed by atoms with E-state index in [1.54, 1.807) is 0 Å². The molecule has 0 aromatic carbocycles. The maximum absolute atomic E-state index is 0. The van der Waals surface area contributed by atoms with Gasteiger partial charge in [-0.3, -0.25) is 0 Å². The monoisotopic (exact) mass is 346 g/mol. The third kappa shape index (κ3) is 30.7. The Morgan fingerprint density at radius 3 is 0.500 bits per heavy atom. The maximum atomic E-state index is 0. The van der Waals surface area contributed by atoms with Crippen molar-refractivity contribution in [1.82, 2.24) is 0 Å². The van der Waals surface area contributed by atoms with Crippen LogP contribution in [0.3, 0.4) is 0 Å². The zero-order chi connectivity index (χ0) is 0. The van der Waals surface area contributed by atoms with Crippen molar-refractivity contribution in [3.8, 4) is 0 Å². The van der Waals surface area contributed by atoms with Gasteiger partial charge in [-0.1, -0.05) is 0 Å². The van der Waals surface area contributed by atoms with Gasteiger partial charge in [-0.25, -0.2) is 0 Å². The van der Waals surface area contributed by atoms with Crippen LogP contribution in [0.4, 0.5) is 0 Å². The minimum atomic E-state index is 0. The molecule has 0 atom stereocenters. The summed E-state index contributed by atoms with van der Waals surface area (Å²) in [7, 11) is 0. The minimum absolute atomic E-state index is 0. The molecule has 6 heavy (non-hydrogen) atoms. The van der Waals surface area contributed by atoms with E-state index in [4.69, 9.17) is 0 Å². The van der Waals surface area contributed by atoms with Crippen LogP contribution in [0, 0.1) is 83.5 Å². The van der Waals surface area contributed by atoms with Crippen molar-refractivity contribution in [2.45, 2.75) is 0 Å². The van der Waals surface area contributed by atoms with Crippen LogP contribution in [0.5, 0.6) is 0 Å². The summed E-state index contributed by atoms with van der Waals surface area (Å²) in [6.45, 7) is 0. The minimum Gasteiger partial charge on any atom is -2.00 e. The van der Waals surface area contributed by atoms with E-state index in [-0.39, 0.29) is 105 Å². The largest absolute Gasteiger partial charge is 3.00 e. The van der Waals surface area contributed by atoms with Gasteiger partial charge in [-0.2, -0.15) is 0 Å². The molecule has 0 amide bonds. The van der Waals surface area contributed by atoms with Gasteiger partial charge in [0.1, 0.15) is 0 Å². The van der Waals surface area contributed by atoms with Crippen molar-refractivity contribution < 1.29 is 105 Å². The van der Waals surface area contributed by atoms with E-state index in [0.29, 0.717) is 0 Å². The first kappa shape index (κ1) is 73.7. The van der Waals surface area contributed by atoms with Crippen LogP contribution in [0.25, 0.3) is 0 Å². The fourth-order valence-corrected chi connectivity index (χ4v) is 0. The van der Waals surface area contributed by atoms with Crippen LogP contribution in [-0.4, -0.2) is 5.48 Å². The van der Waals surface area contributed by atoms with Gasteiger partial charge in [0.15, 0.2) is 0 Å². The zero-order valence-corrected chi connectivity index (χ0v) is 9.00. The SMILES string of the molecule is O.[Ce+3].[Ce+3].[O-2].[O-2].[O-2]. The first-order valence-electron chi connectivity index (χ1n) is 0. The first-order valence-corrected chi connectivity index (χ1v) is 0. The molecule has 0 spiro atoms. The molecule has 0 saturated heterocycles. The summed E-state index contributed by atoms with van der Waals surface area (Å²) in [6.07, 6.45) is 0. The van der Waals surface area contributed by atoms with Crippen molar-refractivity contribution in [3.05, 3.63) is 0 Å². The van der Waals surface area contributed by atoms with Crippen LogP contribution in [-0.2, 0) is 16.4 Å². The zero-order valence-electron chi connectivity index (χ0n) is 2.72. The molecule has 0 aliphatic carbocycles. The molecule has 0 saturated carbocycles. The second-order valence-electron chi connectivity index (χ2n) is 0. The molecule has 2 radical (unpaired) electrons. The molecule has 0 aromatic heterocycles. The van der Waals surface area contributed by atoms with E-state index in [1.807, 2.05) is 0 Å². The average molecular weight is 346 g/mol. The van der Waals surface area contributed by atoms with Gasteiger partial charge >= 0.3 is 83.5 Å². The van der Waals surface area contributed by atoms with Crippen molar-refractivity contribution in [3.63, 3.8) is 0 Å². The predicted molar refractivity (Wildman–Crippen MR) is 5.67 cm³/mol. The Morgan fingerprint density at radius 1 is 0.500 bits per heavy atom. The van der Waals surface area contributed by atoms with Crippen molar-refractivity contribution in [2.75, 3.05) is 0 Å². The summed E-state index contributed by atoms with van der Waals surface area (Å²) >= 11 is 0. The molecule has 0 aromatic rings. The molecule has 6 heteroatoms. The van der Waals surface area contributed by atoms with Gasteiger partial charge < -0.3 is 21.9 Å². The first-order chi connectivity index (χ1) is 0. The second-order valence-corrected chi connectivity index (χ2v) is 0. The van der Waals surface area contributed by atoms with Gasteiger partial charge in [0, 0.05) is 0 Å². The smallest absolute Gasteiger partial charge is 2.00 e. The van der Waals surface area contributed by atoms with Crippen LogP contribution in [0.15, 0.2) is 0 Å². The van der Waals surface area contributed by atoms with Gasteiger partial charge in [-0.15, -0.1) is 0 Å². The van der Waals surface area contributed by atoms with E-state index in [2.05, 4.69) is 0 Å². The Morgan fingerprint density at radius 2 is 0.500 bits per heavy atom. The number of rotatable bonds is 0. The molecule has 0 fully saturated rings. The Bertz CT molecular complexity index is 5.51. The van der Waals surface area contributed by atoms with Crippen LogP contribution < -0.4 is 0 Å². The summed E-state index contributed by atoms with van der Waals surface area (Å²) in [5.74, 6) is 0. The third-order valence-electron chi connectivity index (χ3n) is 0. The Kier molecular flexibility index (Phi) is 603. The number of hydrogen-bond acceptors (Lipinski definition) is 0. The van der Waals surface area contributed by atoms with Crippen LogP contribution in [0.2, 0.25) is 0 Å². The fourth-order valence-electron chi connectivity index (χ4n) is 0. The Balaban J connectivity index is 0. The Hall–Kier alpha value is 2.59. The van der Waals surface area contributed by atoms with E-state index in [1.165, 1.54) is 0 Å². The Labute approximate surface area is 103 Å². The van der Waals surface area contributed by atoms with Crippen molar-refractivity contribution >= 4 is 0 Å². The summed E-state index contributed by atoms with van der Waals surface area (Å²) < 4.78 is 0. The summed E-state index contributed by atoms with van der Waals surface area (Å²) in [4.78, 5) is 0. The van der Waals surface area contributed by atoms with Crippen LogP contribution >= 0.6 is 0 Å². The molecular weight excluding hydrogens is 344 g/mol. The molecule has 34 valence electrons. The molecule has 0 aliphatic rings. The average Bonchev–Trinajstić information content (AvgIpc) is 0. The second kappa shape index (κ2) is 49.1. The summed E-state index contributed by atoms with van der Waals surface area (Å²) in [6, 6.07) is 0. The summed E-state index contributed by atoms with van der Waals surface area (Å²) in [5.41, 5.74) is 0. The normalized spacial score (nSPS) is 0. The maximum Gasteiger partial charge on any atom is 3.00 e. The van der Waals surface area contributed by atoms with E-state index >= 15 is 0 Å². The molecule has 0 rings (SSSR count). The van der Waals surface area contributed by atoms with Gasteiger partial charge in [0.2, 0.25) is 0 Å². The van der Waals surface area contributed by atoms with E-state index < -0.39 is 0 Å². The molecule has 2 N–H and O–H groups in total. The van der Waals surface area contributed by atoms with Crippen LogP contribution in [0.1, 0.15) is 0 Å². The number of hydrogen-bond donors (Lipinski definition) is 0. The third-order valence-corrected chi connectivity index (χ3v) is 0. The molecule has 0 unspecified atom stereocenters. The molecule has 0 aliphatic heterocycles. The molecule has 4 nitrogen and oxygen atoms in total. The summed E-state index contributed by atoms with van der Waals surface area (Å²) in [5, 5.41) is 0. The quantitative estimate of drug-likeness (QED) is 0.525. The van der Waals surface area contributed by atoms with Gasteiger partial charge in [0.25, 0.3) is 0 Å². The molecule has 0 heterocycles. The molecule has 0 bridgehead atoms. The van der Waals surface area contributed by atoms with Crippen molar-refractivity contribution in [1.29, 1.82) is 0 Å². The standard InChI is InChI=1S/2Ce.H2O.3O/h;;1H2;;;/q2*+3;;3*-2. The van der Waals surface area contributed by atoms with E-state index in [0.717, 1.165) is 0 Å². The van der Waals surface area contributed by atoms with Crippen molar-refractivity contribution in [2.24, 2.45) is 0 Å². The topological polar surface area (TPSA) is 117 Å². The predicted octanol–water partition coefficient (Wildman–Crippen LogP) is -1.18. The van der Waals surface area contributed by atoms with E-state index in [9.17, 15) is 0 Å². The van der Waals surface area contributed by atoms with Gasteiger partial charge in [-0.05, 0) is 0 Å². The van der Waals surface area contributed by atoms with Gasteiger partial charge in [0.05, 0.1) is 0 Å².